The van der Waals surface area contributed by atoms with Crippen molar-refractivity contribution in [1.29, 1.82) is 0 Å². The molecule has 22 heavy (non-hydrogen) atoms. The van der Waals surface area contributed by atoms with E-state index in [4.69, 9.17) is 10.2 Å². The van der Waals surface area contributed by atoms with Crippen molar-refractivity contribution in [3.8, 4) is 0 Å². The summed E-state index contributed by atoms with van der Waals surface area (Å²) in [5.41, 5.74) is 8.25. The van der Waals surface area contributed by atoms with E-state index in [1.165, 1.54) is 12.8 Å². The number of nitrogens with one attached hydrogen (secondary N) is 1. The Hall–Kier alpha value is -2.08. The van der Waals surface area contributed by atoms with Crippen LogP contribution in [0.3, 0.4) is 0 Å². The van der Waals surface area contributed by atoms with Crippen molar-refractivity contribution in [3.05, 3.63) is 23.3 Å². The van der Waals surface area contributed by atoms with E-state index in [-0.39, 0.29) is 18.0 Å². The van der Waals surface area contributed by atoms with E-state index in [1.54, 1.807) is 0 Å². The van der Waals surface area contributed by atoms with Crippen LogP contribution in [0.2, 0.25) is 0 Å². The number of carbonyl (C=O) groups is 1. The van der Waals surface area contributed by atoms with Gasteiger partial charge < -0.3 is 20.4 Å². The first-order chi connectivity index (χ1) is 10.6. The first-order valence-corrected chi connectivity index (χ1v) is 7.80. The minimum absolute atomic E-state index is 0.0826. The summed E-state index contributed by atoms with van der Waals surface area (Å²) in [7, 11) is 0. The maximum Gasteiger partial charge on any atom is 0.293 e. The molecule has 2 bridgehead atoms. The Bertz CT molecular complexity index is 731. The molecule has 0 saturated carbocycles. The largest absolute Gasteiger partial charge is 0.424 e. The van der Waals surface area contributed by atoms with E-state index < -0.39 is 0 Å². The van der Waals surface area contributed by atoms with Crippen LogP contribution in [-0.4, -0.2) is 41.5 Å². The fourth-order valence-electron chi connectivity index (χ4n) is 3.73. The van der Waals surface area contributed by atoms with E-state index in [2.05, 4.69) is 15.2 Å². The van der Waals surface area contributed by atoms with Gasteiger partial charge in [-0.3, -0.25) is 4.79 Å². The Morgan fingerprint density at radius 2 is 2.18 bits per heavy atom. The molecular weight excluding hydrogens is 280 g/mol. The number of aryl methyl sites for hydroxylation is 1. The van der Waals surface area contributed by atoms with Gasteiger partial charge in [-0.05, 0) is 56.5 Å². The van der Waals surface area contributed by atoms with Gasteiger partial charge >= 0.3 is 0 Å². The third kappa shape index (κ3) is 2.23. The minimum Gasteiger partial charge on any atom is -0.424 e. The molecule has 0 aliphatic carbocycles. The van der Waals surface area contributed by atoms with Gasteiger partial charge in [-0.2, -0.15) is 4.98 Å². The van der Waals surface area contributed by atoms with E-state index in [0.717, 1.165) is 25.2 Å². The normalized spacial score (nSPS) is 27.2. The lowest BCUT2D eigenvalue weighted by Crippen LogP contribution is -2.57. The molecule has 1 atom stereocenters. The number of nitrogens with two attached hydrogens (primary N) is 1. The lowest BCUT2D eigenvalue weighted by Gasteiger charge is -2.44. The third-order valence-corrected chi connectivity index (χ3v) is 4.87. The van der Waals surface area contributed by atoms with Crippen LogP contribution >= 0.6 is 0 Å². The average Bonchev–Trinajstić information content (AvgIpc) is 2.87. The van der Waals surface area contributed by atoms with Crippen LogP contribution in [0.5, 0.6) is 0 Å². The molecule has 0 spiro atoms. The molecule has 0 radical (unpaired) electrons. The van der Waals surface area contributed by atoms with E-state index >= 15 is 0 Å². The first-order valence-electron chi connectivity index (χ1n) is 7.80. The molecule has 3 aliphatic heterocycles. The maximum absolute atomic E-state index is 12.7. The summed E-state index contributed by atoms with van der Waals surface area (Å²) in [6.07, 6.45) is 2.34. The maximum atomic E-state index is 12.7. The topological polar surface area (TPSA) is 84.4 Å². The summed E-state index contributed by atoms with van der Waals surface area (Å²) in [6, 6.07) is 4.03. The van der Waals surface area contributed by atoms with Crippen molar-refractivity contribution in [2.45, 2.75) is 25.8 Å². The number of aromatic nitrogens is 1. The van der Waals surface area contributed by atoms with Crippen LogP contribution in [0.15, 0.2) is 16.5 Å². The monoisotopic (exact) mass is 300 g/mol. The lowest BCUT2D eigenvalue weighted by molar-refractivity contribution is 0.0621. The minimum atomic E-state index is -0.0826. The predicted octanol–water partition coefficient (Wildman–Crippen LogP) is 1.54. The number of piperidine rings is 3. The third-order valence-electron chi connectivity index (χ3n) is 4.87. The van der Waals surface area contributed by atoms with Gasteiger partial charge in [0.05, 0.1) is 5.56 Å². The highest BCUT2D eigenvalue weighted by Gasteiger charge is 2.35. The molecule has 6 heteroatoms. The standard InChI is InChI=1S/C16H20N4O2/c1-9-6-11(14-13(7-9)22-16(17)19-14)15(21)18-12-8-20-4-2-10(12)3-5-20/h6-7,10,12H,2-5,8H2,1H3,(H2,17,19)(H,18,21). The molecule has 4 heterocycles. The van der Waals surface area contributed by atoms with Gasteiger partial charge in [-0.25, -0.2) is 0 Å². The molecule has 6 nitrogen and oxygen atoms in total. The number of anilines is 1. The van der Waals surface area contributed by atoms with Crippen LogP contribution < -0.4 is 11.1 Å². The Balaban J connectivity index is 1.62. The average molecular weight is 300 g/mol. The highest BCUT2D eigenvalue weighted by molar-refractivity contribution is 6.05. The molecular formula is C16H20N4O2. The van der Waals surface area contributed by atoms with E-state index in [9.17, 15) is 4.79 Å². The van der Waals surface area contributed by atoms with Gasteiger partial charge in [0.2, 0.25) is 0 Å². The van der Waals surface area contributed by atoms with Crippen LogP contribution in [0.1, 0.15) is 28.8 Å². The van der Waals surface area contributed by atoms with Crippen molar-refractivity contribution in [2.75, 3.05) is 25.4 Å². The van der Waals surface area contributed by atoms with Gasteiger partial charge in [-0.1, -0.05) is 0 Å². The van der Waals surface area contributed by atoms with E-state index in [1.807, 2.05) is 19.1 Å². The van der Waals surface area contributed by atoms with Crippen molar-refractivity contribution < 1.29 is 9.21 Å². The van der Waals surface area contributed by atoms with E-state index in [0.29, 0.717) is 22.6 Å². The number of fused-ring (bicyclic) bond motifs is 4. The lowest BCUT2D eigenvalue weighted by atomic mass is 9.84. The zero-order chi connectivity index (χ0) is 15.3. The SMILES string of the molecule is Cc1cc(C(=O)NC2CN3CCC2CC3)c2nc(N)oc2c1. The van der Waals surface area contributed by atoms with Crippen molar-refractivity contribution in [3.63, 3.8) is 0 Å². The number of oxazole rings is 1. The molecule has 116 valence electrons. The smallest absolute Gasteiger partial charge is 0.293 e. The summed E-state index contributed by atoms with van der Waals surface area (Å²) in [6.45, 7) is 5.20. The summed E-state index contributed by atoms with van der Waals surface area (Å²) in [5.74, 6) is 0.511. The molecule has 2 aromatic rings. The Labute approximate surface area is 128 Å². The summed E-state index contributed by atoms with van der Waals surface area (Å²) in [4.78, 5) is 19.3. The summed E-state index contributed by atoms with van der Waals surface area (Å²) >= 11 is 0. The highest BCUT2D eigenvalue weighted by Crippen LogP contribution is 2.28. The Morgan fingerprint density at radius 3 is 2.86 bits per heavy atom. The molecule has 1 amide bonds. The van der Waals surface area contributed by atoms with Crippen molar-refractivity contribution in [2.24, 2.45) is 5.92 Å². The van der Waals surface area contributed by atoms with Gasteiger partial charge in [0, 0.05) is 12.6 Å². The quantitative estimate of drug-likeness (QED) is 0.879. The Morgan fingerprint density at radius 1 is 1.41 bits per heavy atom. The molecule has 1 unspecified atom stereocenters. The van der Waals surface area contributed by atoms with Crippen molar-refractivity contribution in [1.82, 2.24) is 15.2 Å². The molecule has 3 saturated heterocycles. The first kappa shape index (κ1) is 13.6. The number of nitrogen functional groups attached to an aromatic ring is 1. The van der Waals surface area contributed by atoms with Crippen LogP contribution in [0, 0.1) is 12.8 Å². The molecule has 3 fully saturated rings. The van der Waals surface area contributed by atoms with Gasteiger partial charge in [0.25, 0.3) is 11.9 Å². The van der Waals surface area contributed by atoms with Gasteiger partial charge in [0.1, 0.15) is 5.52 Å². The number of hydrogen-bond donors (Lipinski definition) is 2. The number of carbonyl (C=O) groups excluding carboxylic acids is 1. The number of hydrogen-bond acceptors (Lipinski definition) is 5. The van der Waals surface area contributed by atoms with Crippen molar-refractivity contribution >= 4 is 23.0 Å². The molecule has 5 rings (SSSR count). The molecule has 3 aliphatic rings. The zero-order valence-corrected chi connectivity index (χ0v) is 12.6. The molecule has 1 aromatic carbocycles. The second-order valence-electron chi connectivity index (χ2n) is 6.43. The van der Waals surface area contributed by atoms with Crippen LogP contribution in [-0.2, 0) is 0 Å². The number of amides is 1. The summed E-state index contributed by atoms with van der Waals surface area (Å²) in [5, 5.41) is 3.19. The van der Waals surface area contributed by atoms with Crippen LogP contribution in [0.4, 0.5) is 6.01 Å². The second-order valence-corrected chi connectivity index (χ2v) is 6.43. The fraction of sp³-hybridized carbons (Fsp3) is 0.500. The number of nitrogens with zero attached hydrogens (tertiary/aromatic N) is 2. The van der Waals surface area contributed by atoms with Gasteiger partial charge in [-0.15, -0.1) is 0 Å². The Kier molecular flexibility index (Phi) is 3.07. The predicted molar refractivity (Wildman–Crippen MR) is 83.6 cm³/mol. The van der Waals surface area contributed by atoms with Crippen LogP contribution in [0.25, 0.3) is 11.1 Å². The molecule has 3 N–H and O–H groups in total. The zero-order valence-electron chi connectivity index (χ0n) is 12.6. The second kappa shape index (κ2) is 4.98. The fourth-order valence-corrected chi connectivity index (χ4v) is 3.73. The summed E-state index contributed by atoms with van der Waals surface area (Å²) < 4.78 is 5.36. The molecule has 1 aromatic heterocycles. The number of rotatable bonds is 2. The highest BCUT2D eigenvalue weighted by atomic mass is 16.4. The number of benzene rings is 1. The van der Waals surface area contributed by atoms with Gasteiger partial charge in [0.15, 0.2) is 5.58 Å².